The molecule has 1 saturated carbocycles. The van der Waals surface area contributed by atoms with E-state index in [4.69, 9.17) is 4.74 Å². The van der Waals surface area contributed by atoms with Gasteiger partial charge >= 0.3 is 0 Å². The number of aliphatic hydroxyl groups excluding tert-OH is 2. The Morgan fingerprint density at radius 2 is 2.00 bits per heavy atom. The van der Waals surface area contributed by atoms with E-state index < -0.39 is 6.10 Å². The van der Waals surface area contributed by atoms with Crippen molar-refractivity contribution in [3.05, 3.63) is 29.8 Å². The van der Waals surface area contributed by atoms with Crippen molar-refractivity contribution in [3.63, 3.8) is 0 Å². The fraction of sp³-hybridized carbons (Fsp3) is 0.571. The Kier molecular flexibility index (Phi) is 4.02. The van der Waals surface area contributed by atoms with Crippen molar-refractivity contribution < 1.29 is 14.9 Å². The Morgan fingerprint density at radius 3 is 2.53 bits per heavy atom. The summed E-state index contributed by atoms with van der Waals surface area (Å²) in [6.07, 6.45) is 2.67. The average molecular weight is 236 g/mol. The minimum atomic E-state index is -0.402. The molecule has 2 N–H and O–H groups in total. The molecule has 2 unspecified atom stereocenters. The smallest absolute Gasteiger partial charge is 0.124 e. The third-order valence-corrected chi connectivity index (χ3v) is 3.36. The molecular formula is C14H20O3. The van der Waals surface area contributed by atoms with Gasteiger partial charge < -0.3 is 14.9 Å². The highest BCUT2D eigenvalue weighted by atomic mass is 16.5. The predicted molar refractivity (Wildman–Crippen MR) is 66.0 cm³/mol. The highest BCUT2D eigenvalue weighted by Crippen LogP contribution is 2.26. The number of ether oxygens (including phenoxy) is 1. The molecule has 0 aliphatic heterocycles. The molecule has 0 radical (unpaired) electrons. The van der Waals surface area contributed by atoms with E-state index in [9.17, 15) is 10.2 Å². The SMILES string of the molecule is CC[C@H](O)c1ccc(OC2CCCC2O)cc1. The standard InChI is InChI=1S/C14H20O3/c1-2-12(15)10-6-8-11(9-7-10)17-14-5-3-4-13(14)16/h6-9,12-16H,2-5H2,1H3/t12-,13?,14?/m0/s1. The number of rotatable bonds is 4. The third-order valence-electron chi connectivity index (χ3n) is 3.36. The van der Waals surface area contributed by atoms with Gasteiger partial charge in [0.15, 0.2) is 0 Å². The lowest BCUT2D eigenvalue weighted by atomic mass is 10.1. The van der Waals surface area contributed by atoms with Crippen LogP contribution in [0.3, 0.4) is 0 Å². The van der Waals surface area contributed by atoms with E-state index in [0.717, 1.165) is 30.6 Å². The molecule has 94 valence electrons. The summed E-state index contributed by atoms with van der Waals surface area (Å²) in [5, 5.41) is 19.3. The lowest BCUT2D eigenvalue weighted by Crippen LogP contribution is -2.25. The fourth-order valence-corrected chi connectivity index (χ4v) is 2.22. The Morgan fingerprint density at radius 1 is 1.29 bits per heavy atom. The van der Waals surface area contributed by atoms with Gasteiger partial charge in [0.2, 0.25) is 0 Å². The maximum atomic E-state index is 9.67. The van der Waals surface area contributed by atoms with E-state index >= 15 is 0 Å². The minimum absolute atomic E-state index is 0.0723. The van der Waals surface area contributed by atoms with E-state index in [2.05, 4.69) is 0 Å². The molecule has 1 aromatic carbocycles. The molecule has 17 heavy (non-hydrogen) atoms. The Bertz CT molecular complexity index is 347. The highest BCUT2D eigenvalue weighted by molar-refractivity contribution is 5.28. The Hall–Kier alpha value is -1.06. The number of hydrogen-bond donors (Lipinski definition) is 2. The third kappa shape index (κ3) is 2.99. The molecule has 1 aliphatic carbocycles. The van der Waals surface area contributed by atoms with E-state index in [-0.39, 0.29) is 12.2 Å². The van der Waals surface area contributed by atoms with E-state index in [0.29, 0.717) is 6.42 Å². The number of hydrogen-bond acceptors (Lipinski definition) is 3. The van der Waals surface area contributed by atoms with Crippen LogP contribution in [0.4, 0.5) is 0 Å². The van der Waals surface area contributed by atoms with Crippen molar-refractivity contribution in [1.29, 1.82) is 0 Å². The van der Waals surface area contributed by atoms with Crippen LogP contribution in [0, 0.1) is 0 Å². The summed E-state index contributed by atoms with van der Waals surface area (Å²) in [5.74, 6) is 0.767. The number of aliphatic hydroxyl groups is 2. The van der Waals surface area contributed by atoms with Gasteiger partial charge in [-0.05, 0) is 43.4 Å². The maximum Gasteiger partial charge on any atom is 0.124 e. The molecule has 3 atom stereocenters. The van der Waals surface area contributed by atoms with Gasteiger partial charge in [0.05, 0.1) is 12.2 Å². The van der Waals surface area contributed by atoms with Crippen molar-refractivity contribution in [2.24, 2.45) is 0 Å². The first-order chi connectivity index (χ1) is 8.20. The van der Waals surface area contributed by atoms with E-state index in [1.54, 1.807) is 0 Å². The van der Waals surface area contributed by atoms with Gasteiger partial charge in [-0.25, -0.2) is 0 Å². The second-order valence-corrected chi connectivity index (χ2v) is 4.65. The lowest BCUT2D eigenvalue weighted by Gasteiger charge is -2.17. The van der Waals surface area contributed by atoms with Crippen LogP contribution in [0.15, 0.2) is 24.3 Å². The van der Waals surface area contributed by atoms with Crippen LogP contribution in [-0.4, -0.2) is 22.4 Å². The quantitative estimate of drug-likeness (QED) is 0.844. The first-order valence-corrected chi connectivity index (χ1v) is 6.33. The first kappa shape index (κ1) is 12.4. The van der Waals surface area contributed by atoms with Crippen LogP contribution in [0.1, 0.15) is 44.3 Å². The van der Waals surface area contributed by atoms with Crippen molar-refractivity contribution in [2.45, 2.75) is 50.9 Å². The molecule has 1 aromatic rings. The molecule has 0 aromatic heterocycles. The molecule has 0 amide bonds. The molecule has 3 nitrogen and oxygen atoms in total. The predicted octanol–water partition coefficient (Wildman–Crippen LogP) is 2.42. The second kappa shape index (κ2) is 5.52. The summed E-state index contributed by atoms with van der Waals surface area (Å²) in [6, 6.07) is 7.48. The molecule has 0 heterocycles. The Balaban J connectivity index is 1.98. The van der Waals surface area contributed by atoms with E-state index in [1.807, 2.05) is 31.2 Å². The molecule has 0 bridgehead atoms. The average Bonchev–Trinajstić information content (AvgIpc) is 2.75. The van der Waals surface area contributed by atoms with Crippen molar-refractivity contribution >= 4 is 0 Å². The minimum Gasteiger partial charge on any atom is -0.488 e. The van der Waals surface area contributed by atoms with Crippen LogP contribution in [0.2, 0.25) is 0 Å². The van der Waals surface area contributed by atoms with Gasteiger partial charge in [-0.15, -0.1) is 0 Å². The van der Waals surface area contributed by atoms with Crippen LogP contribution < -0.4 is 4.74 Å². The molecule has 3 heteroatoms. The first-order valence-electron chi connectivity index (χ1n) is 6.33. The normalized spacial score (nSPS) is 25.8. The summed E-state index contributed by atoms with van der Waals surface area (Å²) in [6.45, 7) is 1.95. The zero-order chi connectivity index (χ0) is 12.3. The van der Waals surface area contributed by atoms with Gasteiger partial charge in [-0.1, -0.05) is 19.1 Å². The van der Waals surface area contributed by atoms with Crippen LogP contribution in [-0.2, 0) is 0 Å². The summed E-state index contributed by atoms with van der Waals surface area (Å²) >= 11 is 0. The summed E-state index contributed by atoms with van der Waals surface area (Å²) < 4.78 is 5.72. The number of benzene rings is 1. The zero-order valence-corrected chi connectivity index (χ0v) is 10.2. The van der Waals surface area contributed by atoms with Gasteiger partial charge in [0.1, 0.15) is 11.9 Å². The van der Waals surface area contributed by atoms with Crippen LogP contribution in [0.5, 0.6) is 5.75 Å². The van der Waals surface area contributed by atoms with Gasteiger partial charge in [0, 0.05) is 0 Å². The van der Waals surface area contributed by atoms with Crippen LogP contribution in [0.25, 0.3) is 0 Å². The van der Waals surface area contributed by atoms with Crippen molar-refractivity contribution in [2.75, 3.05) is 0 Å². The maximum absolute atomic E-state index is 9.67. The van der Waals surface area contributed by atoms with Crippen LogP contribution >= 0.6 is 0 Å². The van der Waals surface area contributed by atoms with Crippen molar-refractivity contribution in [1.82, 2.24) is 0 Å². The summed E-state index contributed by atoms with van der Waals surface area (Å²) in [7, 11) is 0. The fourth-order valence-electron chi connectivity index (χ4n) is 2.22. The van der Waals surface area contributed by atoms with Gasteiger partial charge in [0.25, 0.3) is 0 Å². The molecular weight excluding hydrogens is 216 g/mol. The molecule has 1 fully saturated rings. The Labute approximate surface area is 102 Å². The second-order valence-electron chi connectivity index (χ2n) is 4.65. The highest BCUT2D eigenvalue weighted by Gasteiger charge is 2.26. The lowest BCUT2D eigenvalue weighted by molar-refractivity contribution is 0.0603. The van der Waals surface area contributed by atoms with Crippen molar-refractivity contribution in [3.8, 4) is 5.75 Å². The van der Waals surface area contributed by atoms with E-state index in [1.165, 1.54) is 0 Å². The zero-order valence-electron chi connectivity index (χ0n) is 10.2. The molecule has 0 spiro atoms. The summed E-state index contributed by atoms with van der Waals surface area (Å²) in [4.78, 5) is 0. The summed E-state index contributed by atoms with van der Waals surface area (Å²) in [5.41, 5.74) is 0.909. The molecule has 2 rings (SSSR count). The molecule has 0 saturated heterocycles. The monoisotopic (exact) mass is 236 g/mol. The molecule has 1 aliphatic rings. The largest absolute Gasteiger partial charge is 0.488 e. The van der Waals surface area contributed by atoms with Gasteiger partial charge in [-0.2, -0.15) is 0 Å². The van der Waals surface area contributed by atoms with Gasteiger partial charge in [-0.3, -0.25) is 0 Å². The topological polar surface area (TPSA) is 49.7 Å².